The Morgan fingerprint density at radius 2 is 1.83 bits per heavy atom. The van der Waals surface area contributed by atoms with E-state index in [2.05, 4.69) is 15.6 Å². The normalized spacial score (nSPS) is 10.5. The standard InChI is InChI=1S/C20H17ClFN3O3S2/c1-28-15-5-2-12(3-6-15)23-19(27)11-30-20-25-14(10-29-20)9-18(26)24-13-4-7-17(22)16(21)8-13/h2-8,10H,9,11H2,1H3,(H,23,27)(H,24,26). The van der Waals surface area contributed by atoms with Crippen LogP contribution in [-0.4, -0.2) is 29.7 Å². The number of carbonyl (C=O) groups is 2. The molecule has 2 N–H and O–H groups in total. The lowest BCUT2D eigenvalue weighted by Gasteiger charge is -2.05. The Bertz CT molecular complexity index is 1040. The maximum absolute atomic E-state index is 13.2. The molecule has 156 valence electrons. The molecule has 0 saturated carbocycles. The van der Waals surface area contributed by atoms with Gasteiger partial charge in [-0.25, -0.2) is 9.37 Å². The number of carbonyl (C=O) groups excluding carboxylic acids is 2. The van der Waals surface area contributed by atoms with Gasteiger partial charge in [0.05, 0.1) is 30.0 Å². The fourth-order valence-corrected chi connectivity index (χ4v) is 4.20. The molecule has 0 bridgehead atoms. The van der Waals surface area contributed by atoms with Crippen LogP contribution in [0.1, 0.15) is 5.69 Å². The van der Waals surface area contributed by atoms with Crippen molar-refractivity contribution in [2.45, 2.75) is 10.8 Å². The molecule has 0 radical (unpaired) electrons. The van der Waals surface area contributed by atoms with Crippen LogP contribution < -0.4 is 15.4 Å². The first-order valence-electron chi connectivity index (χ1n) is 8.69. The van der Waals surface area contributed by atoms with Gasteiger partial charge in [-0.05, 0) is 42.5 Å². The van der Waals surface area contributed by atoms with Gasteiger partial charge in [0.15, 0.2) is 4.34 Å². The maximum atomic E-state index is 13.2. The SMILES string of the molecule is COc1ccc(NC(=O)CSc2nc(CC(=O)Nc3ccc(F)c(Cl)c3)cs2)cc1. The highest BCUT2D eigenvalue weighted by atomic mass is 35.5. The third-order valence-corrected chi connectivity index (χ3v) is 6.14. The van der Waals surface area contributed by atoms with Crippen LogP contribution in [0.4, 0.5) is 15.8 Å². The van der Waals surface area contributed by atoms with E-state index >= 15 is 0 Å². The number of halogens is 2. The topological polar surface area (TPSA) is 80.3 Å². The molecular formula is C20H17ClFN3O3S2. The van der Waals surface area contributed by atoms with Crippen molar-refractivity contribution in [1.82, 2.24) is 4.98 Å². The summed E-state index contributed by atoms with van der Waals surface area (Å²) in [6, 6.07) is 11.0. The van der Waals surface area contributed by atoms with E-state index in [0.717, 1.165) is 0 Å². The summed E-state index contributed by atoms with van der Waals surface area (Å²) in [5.41, 5.74) is 1.67. The number of thioether (sulfide) groups is 1. The molecule has 2 amide bonds. The Morgan fingerprint density at radius 3 is 2.53 bits per heavy atom. The van der Waals surface area contributed by atoms with Gasteiger partial charge in [-0.2, -0.15) is 0 Å². The zero-order valence-electron chi connectivity index (χ0n) is 15.8. The molecule has 1 heterocycles. The summed E-state index contributed by atoms with van der Waals surface area (Å²) < 4.78 is 18.9. The van der Waals surface area contributed by atoms with Crippen molar-refractivity contribution < 1.29 is 18.7 Å². The lowest BCUT2D eigenvalue weighted by Crippen LogP contribution is -2.15. The number of aromatic nitrogens is 1. The van der Waals surface area contributed by atoms with E-state index in [1.807, 2.05) is 0 Å². The predicted molar refractivity (Wildman–Crippen MR) is 118 cm³/mol. The fourth-order valence-electron chi connectivity index (χ4n) is 2.38. The van der Waals surface area contributed by atoms with E-state index in [4.69, 9.17) is 16.3 Å². The molecule has 0 aliphatic heterocycles. The van der Waals surface area contributed by atoms with Crippen LogP contribution in [-0.2, 0) is 16.0 Å². The summed E-state index contributed by atoms with van der Waals surface area (Å²) in [7, 11) is 1.58. The molecule has 0 aliphatic rings. The first-order valence-corrected chi connectivity index (χ1v) is 10.9. The first kappa shape index (κ1) is 22.1. The number of thiazole rings is 1. The van der Waals surface area contributed by atoms with E-state index in [-0.39, 0.29) is 29.0 Å². The monoisotopic (exact) mass is 465 g/mol. The molecule has 3 rings (SSSR count). The predicted octanol–water partition coefficient (Wildman–Crippen LogP) is 4.86. The Labute approximate surface area is 185 Å². The Kier molecular flexibility index (Phi) is 7.67. The second kappa shape index (κ2) is 10.4. The number of amides is 2. The third-order valence-electron chi connectivity index (χ3n) is 3.78. The van der Waals surface area contributed by atoms with Gasteiger partial charge in [0, 0.05) is 16.8 Å². The van der Waals surface area contributed by atoms with E-state index < -0.39 is 5.82 Å². The molecule has 6 nitrogen and oxygen atoms in total. The van der Waals surface area contributed by atoms with Crippen LogP contribution in [0.25, 0.3) is 0 Å². The molecule has 0 aliphatic carbocycles. The second-order valence-corrected chi connectivity index (χ2v) is 8.51. The first-order chi connectivity index (χ1) is 14.4. The lowest BCUT2D eigenvalue weighted by atomic mass is 10.3. The molecule has 0 saturated heterocycles. The van der Waals surface area contributed by atoms with Gasteiger partial charge in [-0.1, -0.05) is 23.4 Å². The number of nitrogens with one attached hydrogen (secondary N) is 2. The average molecular weight is 466 g/mol. The molecule has 0 unspecified atom stereocenters. The summed E-state index contributed by atoms with van der Waals surface area (Å²) in [5, 5.41) is 7.15. The van der Waals surface area contributed by atoms with Crippen molar-refractivity contribution in [3.05, 3.63) is 64.4 Å². The zero-order valence-corrected chi connectivity index (χ0v) is 18.2. The summed E-state index contributed by atoms with van der Waals surface area (Å²) in [4.78, 5) is 28.6. The van der Waals surface area contributed by atoms with Gasteiger partial charge in [0.25, 0.3) is 0 Å². The third kappa shape index (κ3) is 6.45. The second-order valence-electron chi connectivity index (χ2n) is 6.02. The van der Waals surface area contributed by atoms with E-state index in [9.17, 15) is 14.0 Å². The number of nitrogens with zero attached hydrogens (tertiary/aromatic N) is 1. The molecule has 10 heteroatoms. The number of benzene rings is 2. The van der Waals surface area contributed by atoms with Crippen LogP contribution in [0.3, 0.4) is 0 Å². The maximum Gasteiger partial charge on any atom is 0.234 e. The molecule has 30 heavy (non-hydrogen) atoms. The van der Waals surface area contributed by atoms with Crippen LogP contribution in [0.15, 0.2) is 52.2 Å². The van der Waals surface area contributed by atoms with Crippen LogP contribution >= 0.6 is 34.7 Å². The smallest absolute Gasteiger partial charge is 0.234 e. The Morgan fingerprint density at radius 1 is 1.13 bits per heavy atom. The lowest BCUT2D eigenvalue weighted by molar-refractivity contribution is -0.116. The summed E-state index contributed by atoms with van der Waals surface area (Å²) in [6.45, 7) is 0. The minimum absolute atomic E-state index is 0.0596. The van der Waals surface area contributed by atoms with Gasteiger partial charge >= 0.3 is 0 Å². The van der Waals surface area contributed by atoms with E-state index in [1.54, 1.807) is 36.8 Å². The van der Waals surface area contributed by atoms with Crippen LogP contribution in [0.5, 0.6) is 5.75 Å². The van der Waals surface area contributed by atoms with Gasteiger partial charge in [-0.15, -0.1) is 11.3 Å². The van der Waals surface area contributed by atoms with Crippen molar-refractivity contribution in [3.63, 3.8) is 0 Å². The minimum Gasteiger partial charge on any atom is -0.497 e. The molecule has 2 aromatic carbocycles. The Hall–Kier alpha value is -2.62. The highest BCUT2D eigenvalue weighted by Gasteiger charge is 2.11. The number of ether oxygens (including phenoxy) is 1. The number of methoxy groups -OCH3 is 1. The van der Waals surface area contributed by atoms with Gasteiger partial charge in [0.2, 0.25) is 11.8 Å². The molecule has 0 atom stereocenters. The van der Waals surface area contributed by atoms with E-state index in [0.29, 0.717) is 27.2 Å². The van der Waals surface area contributed by atoms with Crippen molar-refractivity contribution in [1.29, 1.82) is 0 Å². The molecule has 3 aromatic rings. The summed E-state index contributed by atoms with van der Waals surface area (Å²) in [5.74, 6) is -0.0973. The van der Waals surface area contributed by atoms with Crippen molar-refractivity contribution in [2.75, 3.05) is 23.5 Å². The summed E-state index contributed by atoms with van der Waals surface area (Å²) >= 11 is 8.36. The largest absolute Gasteiger partial charge is 0.497 e. The molecule has 0 fully saturated rings. The van der Waals surface area contributed by atoms with Crippen molar-refractivity contribution >= 4 is 57.9 Å². The zero-order chi connectivity index (χ0) is 21.5. The number of hydrogen-bond donors (Lipinski definition) is 2. The van der Waals surface area contributed by atoms with Crippen molar-refractivity contribution in [2.24, 2.45) is 0 Å². The van der Waals surface area contributed by atoms with Crippen LogP contribution in [0, 0.1) is 5.82 Å². The number of anilines is 2. The minimum atomic E-state index is -0.549. The molecule has 0 spiro atoms. The highest BCUT2D eigenvalue weighted by molar-refractivity contribution is 8.01. The number of rotatable bonds is 8. The van der Waals surface area contributed by atoms with Crippen molar-refractivity contribution in [3.8, 4) is 5.75 Å². The quantitative estimate of drug-likeness (QED) is 0.464. The highest BCUT2D eigenvalue weighted by Crippen LogP contribution is 2.24. The van der Waals surface area contributed by atoms with Gasteiger partial charge in [0.1, 0.15) is 11.6 Å². The van der Waals surface area contributed by atoms with Gasteiger partial charge < -0.3 is 15.4 Å². The van der Waals surface area contributed by atoms with E-state index in [1.165, 1.54) is 41.3 Å². The number of hydrogen-bond acceptors (Lipinski definition) is 6. The average Bonchev–Trinajstić information content (AvgIpc) is 3.17. The summed E-state index contributed by atoms with van der Waals surface area (Å²) in [6.07, 6.45) is 0.0596. The van der Waals surface area contributed by atoms with Gasteiger partial charge in [-0.3, -0.25) is 9.59 Å². The van der Waals surface area contributed by atoms with Crippen LogP contribution in [0.2, 0.25) is 5.02 Å². The fraction of sp³-hybridized carbons (Fsp3) is 0.150. The Balaban J connectivity index is 1.46. The molecule has 1 aromatic heterocycles. The molecular weight excluding hydrogens is 449 g/mol.